The van der Waals surface area contributed by atoms with Crippen molar-refractivity contribution in [1.82, 2.24) is 9.97 Å². The summed E-state index contributed by atoms with van der Waals surface area (Å²) in [6.45, 7) is 17.9. The van der Waals surface area contributed by atoms with Crippen LogP contribution in [-0.2, 0) is 30.4 Å². The molecular weight excluding hydrogens is 492 g/mol. The van der Waals surface area contributed by atoms with E-state index in [-0.39, 0.29) is 6.23 Å². The first-order chi connectivity index (χ1) is 19.5. The fraction of sp³-hybridized carbons (Fsp3) is 0.486. The molecule has 40 heavy (non-hydrogen) atoms. The van der Waals surface area contributed by atoms with Crippen LogP contribution in [0.3, 0.4) is 0 Å². The van der Waals surface area contributed by atoms with Crippen molar-refractivity contribution in [2.75, 3.05) is 0 Å². The number of H-pyrrole nitrogens is 2. The molecule has 2 aromatic heterocycles. The molecule has 3 aliphatic rings. The van der Waals surface area contributed by atoms with Gasteiger partial charge in [-0.25, -0.2) is 9.98 Å². The van der Waals surface area contributed by atoms with Crippen LogP contribution < -0.4 is 10.7 Å². The minimum atomic E-state index is -0.330. The third kappa shape index (κ3) is 4.57. The Morgan fingerprint density at radius 1 is 0.600 bits per heavy atom. The summed E-state index contributed by atoms with van der Waals surface area (Å²) < 4.78 is 6.74. The number of hydrogen-bond donors (Lipinski definition) is 2. The van der Waals surface area contributed by atoms with Gasteiger partial charge in [0.1, 0.15) is 0 Å². The van der Waals surface area contributed by atoms with E-state index in [1.54, 1.807) is 0 Å². The third-order valence-electron chi connectivity index (χ3n) is 8.90. The van der Waals surface area contributed by atoms with Crippen LogP contribution in [0.4, 0.5) is 0 Å². The molecule has 0 spiro atoms. The average molecular weight is 539 g/mol. The molecule has 5 nitrogen and oxygen atoms in total. The Morgan fingerprint density at radius 3 is 1.73 bits per heavy atom. The topological polar surface area (TPSA) is 65.5 Å². The van der Waals surface area contributed by atoms with Crippen molar-refractivity contribution in [2.24, 2.45) is 9.98 Å². The lowest BCUT2D eigenvalue weighted by Gasteiger charge is -2.16. The van der Waals surface area contributed by atoms with E-state index in [2.05, 4.69) is 83.6 Å². The van der Waals surface area contributed by atoms with Gasteiger partial charge in [0.2, 0.25) is 12.1 Å². The number of aromatic amines is 2. The highest BCUT2D eigenvalue weighted by molar-refractivity contribution is 6.22. The van der Waals surface area contributed by atoms with Crippen LogP contribution in [-0.4, -0.2) is 27.8 Å². The summed E-state index contributed by atoms with van der Waals surface area (Å²) >= 11 is 0. The lowest BCUT2D eigenvalue weighted by Crippen LogP contribution is -2.17. The van der Waals surface area contributed by atoms with Crippen molar-refractivity contribution in [3.05, 3.63) is 72.3 Å². The number of hydrogen-bond acceptors (Lipinski definition) is 3. The molecular formula is C35H46N4O. The first-order valence-corrected chi connectivity index (χ1v) is 15.6. The second-order valence-corrected chi connectivity index (χ2v) is 10.8. The Balaban J connectivity index is 1.88. The number of allylic oxidation sites excluding steroid dienone is 2. The molecule has 0 saturated heterocycles. The molecule has 2 aromatic rings. The quantitative estimate of drug-likeness (QED) is 0.373. The predicted molar refractivity (Wildman–Crippen MR) is 169 cm³/mol. The van der Waals surface area contributed by atoms with Gasteiger partial charge in [0.15, 0.2) is 0 Å². The second kappa shape index (κ2) is 11.6. The maximum Gasteiger partial charge on any atom is 0.219 e. The van der Waals surface area contributed by atoms with Crippen LogP contribution >= 0.6 is 0 Å². The molecule has 212 valence electrons. The summed E-state index contributed by atoms with van der Waals surface area (Å²) in [6, 6.07) is 0. The van der Waals surface area contributed by atoms with Gasteiger partial charge in [-0.15, -0.1) is 0 Å². The molecule has 1 unspecified atom stereocenters. The number of fused-ring (bicyclic) bond motifs is 6. The fourth-order valence-corrected chi connectivity index (χ4v) is 6.99. The number of nitrogens with one attached hydrogen (secondary N) is 2. The van der Waals surface area contributed by atoms with Gasteiger partial charge in [-0.1, -0.05) is 55.4 Å². The van der Waals surface area contributed by atoms with E-state index < -0.39 is 0 Å². The maximum atomic E-state index is 6.74. The van der Waals surface area contributed by atoms with Crippen molar-refractivity contribution in [3.8, 4) is 0 Å². The predicted octanol–water partition coefficient (Wildman–Crippen LogP) is 7.00. The Bertz CT molecular complexity index is 1600. The molecule has 0 radical (unpaired) electrons. The minimum absolute atomic E-state index is 0.330. The second-order valence-electron chi connectivity index (χ2n) is 10.8. The minimum Gasteiger partial charge on any atom is -0.448 e. The SMILES string of the molecule is CCC1=C(CC)/C2=C/c3[nH]c(c(CC)c3CC)/C=c3\[nH]/c(c(CC)c3CC)=C\C3=NC(OC1=N2)C(CC)=C3CC. The van der Waals surface area contributed by atoms with Gasteiger partial charge in [0.25, 0.3) is 0 Å². The van der Waals surface area contributed by atoms with Crippen molar-refractivity contribution in [1.29, 1.82) is 0 Å². The van der Waals surface area contributed by atoms with Crippen LogP contribution in [0, 0.1) is 0 Å². The van der Waals surface area contributed by atoms with Crippen molar-refractivity contribution in [2.45, 2.75) is 113 Å². The van der Waals surface area contributed by atoms with E-state index in [4.69, 9.17) is 14.7 Å². The first kappa shape index (κ1) is 28.2. The van der Waals surface area contributed by atoms with Gasteiger partial charge >= 0.3 is 0 Å². The van der Waals surface area contributed by atoms with Gasteiger partial charge in [0, 0.05) is 27.7 Å². The Kier molecular flexibility index (Phi) is 8.21. The smallest absolute Gasteiger partial charge is 0.219 e. The van der Waals surface area contributed by atoms with Gasteiger partial charge in [-0.2, -0.15) is 0 Å². The normalized spacial score (nSPS) is 21.4. The molecule has 5 heterocycles. The van der Waals surface area contributed by atoms with Gasteiger partial charge in [0.05, 0.1) is 11.4 Å². The third-order valence-corrected chi connectivity index (χ3v) is 8.90. The average Bonchev–Trinajstić information content (AvgIpc) is 3.67. The zero-order chi connectivity index (χ0) is 28.6. The van der Waals surface area contributed by atoms with E-state index in [0.717, 1.165) is 74.4 Å². The molecule has 8 bridgehead atoms. The van der Waals surface area contributed by atoms with Crippen LogP contribution in [0.2, 0.25) is 0 Å². The lowest BCUT2D eigenvalue weighted by molar-refractivity contribution is 0.234. The molecule has 2 N–H and O–H groups in total. The summed E-state index contributed by atoms with van der Waals surface area (Å²) in [6.07, 6.45) is 14.1. The molecule has 0 fully saturated rings. The van der Waals surface area contributed by atoms with E-state index in [0.29, 0.717) is 0 Å². The highest BCUT2D eigenvalue weighted by Gasteiger charge is 2.31. The molecule has 0 amide bonds. The Hall–Kier alpha value is -3.34. The summed E-state index contributed by atoms with van der Waals surface area (Å²) in [5, 5.41) is 2.37. The summed E-state index contributed by atoms with van der Waals surface area (Å²) in [5.41, 5.74) is 15.0. The van der Waals surface area contributed by atoms with Gasteiger partial charge < -0.3 is 14.7 Å². The summed E-state index contributed by atoms with van der Waals surface area (Å²) in [5.74, 6) is 0.742. The van der Waals surface area contributed by atoms with Gasteiger partial charge in [-0.3, -0.25) is 0 Å². The van der Waals surface area contributed by atoms with E-state index in [1.165, 1.54) is 60.9 Å². The number of rotatable bonds is 8. The van der Waals surface area contributed by atoms with Crippen molar-refractivity contribution >= 4 is 29.8 Å². The summed E-state index contributed by atoms with van der Waals surface area (Å²) in [4.78, 5) is 18.0. The Labute approximate surface area is 239 Å². The van der Waals surface area contributed by atoms with Crippen molar-refractivity contribution < 1.29 is 4.74 Å². The fourth-order valence-electron chi connectivity index (χ4n) is 6.99. The lowest BCUT2D eigenvalue weighted by atomic mass is 9.99. The highest BCUT2D eigenvalue weighted by atomic mass is 16.5. The van der Waals surface area contributed by atoms with E-state index in [9.17, 15) is 0 Å². The maximum absolute atomic E-state index is 6.74. The Morgan fingerprint density at radius 2 is 1.18 bits per heavy atom. The molecule has 0 saturated carbocycles. The molecule has 5 rings (SSSR count). The van der Waals surface area contributed by atoms with Crippen LogP contribution in [0.25, 0.3) is 18.2 Å². The van der Waals surface area contributed by atoms with Crippen LogP contribution in [0.1, 0.15) is 115 Å². The molecule has 1 atom stereocenters. The number of nitrogens with zero attached hydrogens (tertiary/aromatic N) is 2. The zero-order valence-electron chi connectivity index (χ0n) is 25.8. The van der Waals surface area contributed by atoms with E-state index >= 15 is 0 Å². The molecule has 0 aliphatic carbocycles. The van der Waals surface area contributed by atoms with Crippen LogP contribution in [0.15, 0.2) is 38.0 Å². The standard InChI is InChI=1S/C35H46N4O/c1-9-20-22(11-3)30-18-32-24(13-5)26(15-7)34(38-32)40-35-27(16-8)25(14-6)33(39-35)19-31-23(12-4)21(10-2)29(37-31)17-28(20)36-30/h17-19,34,36-37H,9-16H2,1-8H3/b28-17-,30-18-,33-19-. The summed E-state index contributed by atoms with van der Waals surface area (Å²) in [7, 11) is 0. The molecule has 5 heteroatoms. The zero-order valence-corrected chi connectivity index (χ0v) is 25.8. The van der Waals surface area contributed by atoms with Gasteiger partial charge in [-0.05, 0) is 109 Å². The van der Waals surface area contributed by atoms with Crippen LogP contribution in [0.5, 0.6) is 0 Å². The monoisotopic (exact) mass is 538 g/mol. The largest absolute Gasteiger partial charge is 0.448 e. The number of ether oxygens (including phenoxy) is 1. The highest BCUT2D eigenvalue weighted by Crippen LogP contribution is 2.36. The number of aliphatic imine (C=N–C) groups is 2. The number of aromatic nitrogens is 2. The van der Waals surface area contributed by atoms with Crippen molar-refractivity contribution in [3.63, 3.8) is 0 Å². The molecule has 0 aromatic carbocycles. The van der Waals surface area contributed by atoms with E-state index in [1.807, 2.05) is 0 Å². The molecule has 3 aliphatic heterocycles. The first-order valence-electron chi connectivity index (χ1n) is 15.6.